The Morgan fingerprint density at radius 1 is 1.16 bits per heavy atom. The second-order valence-electron chi connectivity index (χ2n) is 6.85. The predicted octanol–water partition coefficient (Wildman–Crippen LogP) is 1.61. The first-order valence-corrected chi connectivity index (χ1v) is 8.80. The SMILES string of the molecule is CC(=O)N(C)C1CCN(C2CCN(c3ccc(C#N)cc3)C2=O)CC1. The van der Waals surface area contributed by atoms with E-state index in [0.29, 0.717) is 12.1 Å². The lowest BCUT2D eigenvalue weighted by Crippen LogP contribution is -2.50. The maximum Gasteiger partial charge on any atom is 0.244 e. The van der Waals surface area contributed by atoms with Gasteiger partial charge in [-0.25, -0.2) is 0 Å². The lowest BCUT2D eigenvalue weighted by atomic mass is 10.0. The van der Waals surface area contributed by atoms with Gasteiger partial charge < -0.3 is 9.80 Å². The number of amides is 2. The van der Waals surface area contributed by atoms with Gasteiger partial charge in [0, 0.05) is 45.3 Å². The highest BCUT2D eigenvalue weighted by molar-refractivity contribution is 5.99. The molecule has 3 rings (SSSR count). The van der Waals surface area contributed by atoms with Gasteiger partial charge in [0.05, 0.1) is 17.7 Å². The summed E-state index contributed by atoms with van der Waals surface area (Å²) < 4.78 is 0. The van der Waals surface area contributed by atoms with Crippen LogP contribution in [0.25, 0.3) is 0 Å². The van der Waals surface area contributed by atoms with Gasteiger partial charge in [-0.15, -0.1) is 0 Å². The molecule has 6 nitrogen and oxygen atoms in total. The van der Waals surface area contributed by atoms with Crippen molar-refractivity contribution in [1.29, 1.82) is 5.26 Å². The van der Waals surface area contributed by atoms with Crippen molar-refractivity contribution in [1.82, 2.24) is 9.80 Å². The highest BCUT2D eigenvalue weighted by Gasteiger charge is 2.38. The first-order chi connectivity index (χ1) is 12.0. The van der Waals surface area contributed by atoms with Crippen molar-refractivity contribution in [2.24, 2.45) is 0 Å². The highest BCUT2D eigenvalue weighted by atomic mass is 16.2. The smallest absolute Gasteiger partial charge is 0.244 e. The van der Waals surface area contributed by atoms with Crippen molar-refractivity contribution in [2.75, 3.05) is 31.6 Å². The van der Waals surface area contributed by atoms with Crippen molar-refractivity contribution in [3.8, 4) is 6.07 Å². The fraction of sp³-hybridized carbons (Fsp3) is 0.526. The van der Waals surface area contributed by atoms with Gasteiger partial charge in [0.25, 0.3) is 0 Å². The summed E-state index contributed by atoms with van der Waals surface area (Å²) in [6, 6.07) is 9.48. The first kappa shape index (κ1) is 17.4. The average Bonchev–Trinajstić information content (AvgIpc) is 3.02. The van der Waals surface area contributed by atoms with Gasteiger partial charge in [-0.3, -0.25) is 14.5 Å². The molecule has 0 aliphatic carbocycles. The Hall–Kier alpha value is -2.39. The third-order valence-corrected chi connectivity index (χ3v) is 5.47. The zero-order valence-electron chi connectivity index (χ0n) is 14.8. The van der Waals surface area contributed by atoms with Crippen LogP contribution >= 0.6 is 0 Å². The number of nitriles is 1. The van der Waals surface area contributed by atoms with Crippen molar-refractivity contribution in [3.05, 3.63) is 29.8 Å². The second-order valence-corrected chi connectivity index (χ2v) is 6.85. The fourth-order valence-corrected chi connectivity index (χ4v) is 3.82. The van der Waals surface area contributed by atoms with Crippen LogP contribution < -0.4 is 4.90 Å². The van der Waals surface area contributed by atoms with Gasteiger partial charge in [-0.05, 0) is 43.5 Å². The van der Waals surface area contributed by atoms with Gasteiger partial charge in [0.15, 0.2) is 0 Å². The van der Waals surface area contributed by atoms with E-state index < -0.39 is 0 Å². The van der Waals surface area contributed by atoms with E-state index in [1.165, 1.54) is 0 Å². The molecule has 0 spiro atoms. The molecule has 2 heterocycles. The summed E-state index contributed by atoms with van der Waals surface area (Å²) in [4.78, 5) is 30.2. The normalized spacial score (nSPS) is 22.0. The number of carbonyl (C=O) groups is 2. The fourth-order valence-electron chi connectivity index (χ4n) is 3.82. The van der Waals surface area contributed by atoms with Crippen LogP contribution in [0, 0.1) is 11.3 Å². The highest BCUT2D eigenvalue weighted by Crippen LogP contribution is 2.27. The van der Waals surface area contributed by atoms with Crippen molar-refractivity contribution < 1.29 is 9.59 Å². The molecule has 132 valence electrons. The van der Waals surface area contributed by atoms with Crippen LogP contribution in [0.15, 0.2) is 24.3 Å². The summed E-state index contributed by atoms with van der Waals surface area (Å²) in [5.74, 6) is 0.241. The number of nitrogens with zero attached hydrogens (tertiary/aromatic N) is 4. The lowest BCUT2D eigenvalue weighted by Gasteiger charge is -2.38. The molecule has 25 heavy (non-hydrogen) atoms. The molecule has 2 amide bonds. The number of likely N-dealkylation sites (tertiary alicyclic amines) is 1. The van der Waals surface area contributed by atoms with Gasteiger partial charge in [-0.1, -0.05) is 0 Å². The molecule has 2 saturated heterocycles. The van der Waals surface area contributed by atoms with Crippen LogP contribution in [-0.2, 0) is 9.59 Å². The number of hydrogen-bond donors (Lipinski definition) is 0. The molecule has 2 aliphatic rings. The van der Waals surface area contributed by atoms with Gasteiger partial charge >= 0.3 is 0 Å². The third-order valence-electron chi connectivity index (χ3n) is 5.47. The monoisotopic (exact) mass is 340 g/mol. The largest absolute Gasteiger partial charge is 0.343 e. The van der Waals surface area contributed by atoms with Gasteiger partial charge in [-0.2, -0.15) is 5.26 Å². The van der Waals surface area contributed by atoms with Gasteiger partial charge in [0.1, 0.15) is 0 Å². The van der Waals surface area contributed by atoms with Crippen LogP contribution in [-0.4, -0.2) is 60.4 Å². The van der Waals surface area contributed by atoms with Crippen LogP contribution in [0.4, 0.5) is 5.69 Å². The summed E-state index contributed by atoms with van der Waals surface area (Å²) in [5, 5.41) is 8.89. The van der Waals surface area contributed by atoms with Crippen molar-refractivity contribution >= 4 is 17.5 Å². The molecule has 6 heteroatoms. The molecule has 2 fully saturated rings. The van der Waals surface area contributed by atoms with E-state index in [9.17, 15) is 9.59 Å². The quantitative estimate of drug-likeness (QED) is 0.838. The zero-order chi connectivity index (χ0) is 18.0. The van der Waals surface area contributed by atoms with E-state index in [4.69, 9.17) is 5.26 Å². The van der Waals surface area contributed by atoms with Crippen LogP contribution in [0.2, 0.25) is 0 Å². The minimum absolute atomic E-state index is 0.0702. The van der Waals surface area contributed by atoms with Crippen LogP contribution in [0.3, 0.4) is 0 Å². The Morgan fingerprint density at radius 3 is 2.36 bits per heavy atom. The van der Waals surface area contributed by atoms with Gasteiger partial charge in [0.2, 0.25) is 11.8 Å². The Labute approximate surface area is 148 Å². The molecule has 0 N–H and O–H groups in total. The number of piperidine rings is 1. The zero-order valence-corrected chi connectivity index (χ0v) is 14.8. The van der Waals surface area contributed by atoms with Crippen molar-refractivity contribution in [2.45, 2.75) is 38.3 Å². The van der Waals surface area contributed by atoms with Crippen molar-refractivity contribution in [3.63, 3.8) is 0 Å². The number of carbonyl (C=O) groups excluding carboxylic acids is 2. The van der Waals surface area contributed by atoms with E-state index in [0.717, 1.165) is 38.0 Å². The molecule has 1 unspecified atom stereocenters. The average molecular weight is 340 g/mol. The summed E-state index contributed by atoms with van der Waals surface area (Å²) in [6.45, 7) is 4.00. The van der Waals surface area contributed by atoms with E-state index in [1.54, 1.807) is 19.1 Å². The van der Waals surface area contributed by atoms with Crippen LogP contribution in [0.1, 0.15) is 31.7 Å². The molecular formula is C19H24N4O2. The topological polar surface area (TPSA) is 67.7 Å². The Balaban J connectivity index is 1.61. The Bertz CT molecular complexity index is 686. The Morgan fingerprint density at radius 2 is 1.80 bits per heavy atom. The standard InChI is InChI=1S/C19H24N4O2/c1-14(24)21(2)16-7-10-22(11-8-16)18-9-12-23(19(18)25)17-5-3-15(13-20)4-6-17/h3-6,16,18H,7-12H2,1-2H3. The molecule has 0 aromatic heterocycles. The molecule has 1 aromatic rings. The maximum absolute atomic E-state index is 12.8. The molecule has 2 aliphatic heterocycles. The molecule has 0 bridgehead atoms. The van der Waals surface area contributed by atoms with Crippen LogP contribution in [0.5, 0.6) is 0 Å². The summed E-state index contributed by atoms with van der Waals surface area (Å²) >= 11 is 0. The number of hydrogen-bond acceptors (Lipinski definition) is 4. The molecular weight excluding hydrogens is 316 g/mol. The maximum atomic E-state index is 12.8. The summed E-state index contributed by atoms with van der Waals surface area (Å²) in [6.07, 6.45) is 2.65. The first-order valence-electron chi connectivity index (χ1n) is 8.80. The molecule has 1 aromatic carbocycles. The van der Waals surface area contributed by atoms with E-state index >= 15 is 0 Å². The van der Waals surface area contributed by atoms with E-state index in [2.05, 4.69) is 11.0 Å². The lowest BCUT2D eigenvalue weighted by molar-refractivity contribution is -0.131. The van der Waals surface area contributed by atoms with E-state index in [-0.39, 0.29) is 23.9 Å². The van der Waals surface area contributed by atoms with E-state index in [1.807, 2.05) is 29.0 Å². The third kappa shape index (κ3) is 3.52. The molecule has 0 radical (unpaired) electrons. The summed E-state index contributed by atoms with van der Waals surface area (Å²) in [7, 11) is 1.86. The summed E-state index contributed by atoms with van der Waals surface area (Å²) in [5.41, 5.74) is 1.46. The predicted molar refractivity (Wildman–Crippen MR) is 95.0 cm³/mol. The molecule has 1 atom stereocenters. The second kappa shape index (κ2) is 7.24. The minimum Gasteiger partial charge on any atom is -0.343 e. The molecule has 0 saturated carbocycles. The number of rotatable bonds is 3. The Kier molecular flexibility index (Phi) is 5.05. The number of anilines is 1. The minimum atomic E-state index is -0.0702. The number of benzene rings is 1.